The summed E-state index contributed by atoms with van der Waals surface area (Å²) in [5.41, 5.74) is -4.48. The van der Waals surface area contributed by atoms with Crippen molar-refractivity contribution >= 4 is 35.5 Å². The Kier molecular flexibility index (Phi) is 6.82. The Balaban J connectivity index is 1.82. The zero-order valence-corrected chi connectivity index (χ0v) is 23.1. The van der Waals surface area contributed by atoms with E-state index in [0.717, 1.165) is 6.92 Å². The molecule has 2 aliphatic carbocycles. The number of halogens is 1. The van der Waals surface area contributed by atoms with Gasteiger partial charge in [0.1, 0.15) is 30.5 Å². The summed E-state index contributed by atoms with van der Waals surface area (Å²) in [6.07, 6.45) is -6.06. The molecule has 216 valence electrons. The zero-order chi connectivity index (χ0) is 28.7. The van der Waals surface area contributed by atoms with E-state index in [0.29, 0.717) is 12.8 Å². The van der Waals surface area contributed by atoms with Gasteiger partial charge in [0.2, 0.25) is 0 Å². The fourth-order valence-corrected chi connectivity index (χ4v) is 7.58. The van der Waals surface area contributed by atoms with Crippen molar-refractivity contribution in [1.29, 1.82) is 0 Å². The third-order valence-electron chi connectivity index (χ3n) is 9.12. The van der Waals surface area contributed by atoms with Gasteiger partial charge in [-0.2, -0.15) is 0 Å². The normalized spacial score (nSPS) is 46.3. The number of ether oxygens (including phenoxy) is 6. The van der Waals surface area contributed by atoms with Crippen LogP contribution in [0, 0.1) is 17.3 Å². The molecular formula is C26H33ClO12. The highest BCUT2D eigenvalue weighted by Crippen LogP contribution is 2.64. The van der Waals surface area contributed by atoms with Crippen LogP contribution in [0.2, 0.25) is 0 Å². The molecule has 0 aromatic carbocycles. The van der Waals surface area contributed by atoms with E-state index in [2.05, 4.69) is 0 Å². The lowest BCUT2D eigenvalue weighted by molar-refractivity contribution is -0.243. The first-order valence-corrected chi connectivity index (χ1v) is 13.3. The predicted molar refractivity (Wildman–Crippen MR) is 129 cm³/mol. The van der Waals surface area contributed by atoms with Crippen LogP contribution in [0.4, 0.5) is 0 Å². The SMILES string of the molecule is CC(=O)O[C@H]1CC[C@@]2(CO2)[C@@H]2[C@H](OC(C)=O)[C@]3(O)[C@@H](C)C(=O)O[C@H]3C(Cl)=C(CO)[C@H]3O[C@H]3[C@H](OC(C)=O)[C@@]12C. The molecular weight excluding hydrogens is 540 g/mol. The summed E-state index contributed by atoms with van der Waals surface area (Å²) in [6, 6.07) is 0. The molecule has 12 nitrogen and oxygen atoms in total. The minimum absolute atomic E-state index is 0.116. The number of aliphatic hydroxyl groups is 2. The quantitative estimate of drug-likeness (QED) is 0.272. The molecule has 39 heavy (non-hydrogen) atoms. The van der Waals surface area contributed by atoms with Crippen LogP contribution in [-0.4, -0.2) is 95.1 Å². The van der Waals surface area contributed by atoms with E-state index >= 15 is 0 Å². The molecule has 2 N–H and O–H groups in total. The number of fused-ring (bicyclic) bond motifs is 4. The predicted octanol–water partition coefficient (Wildman–Crippen LogP) is 0.526. The number of hydrogen-bond acceptors (Lipinski definition) is 12. The van der Waals surface area contributed by atoms with Crippen molar-refractivity contribution in [1.82, 2.24) is 0 Å². The Morgan fingerprint density at radius 2 is 1.67 bits per heavy atom. The van der Waals surface area contributed by atoms with Gasteiger partial charge in [-0.15, -0.1) is 0 Å². The van der Waals surface area contributed by atoms with Gasteiger partial charge in [0.15, 0.2) is 11.7 Å². The van der Waals surface area contributed by atoms with Crippen LogP contribution in [0.3, 0.4) is 0 Å². The van der Waals surface area contributed by atoms with Crippen LogP contribution < -0.4 is 0 Å². The number of rotatable bonds is 4. The monoisotopic (exact) mass is 572 g/mol. The average Bonchev–Trinajstić information content (AvgIpc) is 3.77. The van der Waals surface area contributed by atoms with Crippen molar-refractivity contribution < 1.29 is 57.8 Å². The van der Waals surface area contributed by atoms with Gasteiger partial charge in [-0.05, 0) is 19.8 Å². The number of hydrogen-bond donors (Lipinski definition) is 2. The Hall–Kier alpha value is -2.25. The first kappa shape index (κ1) is 28.3. The Morgan fingerprint density at radius 3 is 2.21 bits per heavy atom. The molecule has 0 unspecified atom stereocenters. The van der Waals surface area contributed by atoms with E-state index in [1.54, 1.807) is 6.92 Å². The van der Waals surface area contributed by atoms with Gasteiger partial charge in [0, 0.05) is 32.3 Å². The highest BCUT2D eigenvalue weighted by atomic mass is 35.5. The highest BCUT2D eigenvalue weighted by Gasteiger charge is 2.77. The van der Waals surface area contributed by atoms with Crippen molar-refractivity contribution in [2.75, 3.05) is 13.2 Å². The molecule has 3 heterocycles. The van der Waals surface area contributed by atoms with Gasteiger partial charge in [-0.25, -0.2) is 0 Å². The number of esters is 4. The zero-order valence-electron chi connectivity index (χ0n) is 22.3. The molecule has 3 saturated heterocycles. The third-order valence-corrected chi connectivity index (χ3v) is 9.56. The molecule has 0 aromatic rings. The highest BCUT2D eigenvalue weighted by molar-refractivity contribution is 6.31. The summed E-state index contributed by atoms with van der Waals surface area (Å²) in [6.45, 7) is 6.36. The molecule has 0 aromatic heterocycles. The van der Waals surface area contributed by atoms with Crippen molar-refractivity contribution in [2.45, 2.75) is 95.3 Å². The maximum absolute atomic E-state index is 13.0. The molecule has 1 spiro atoms. The average molecular weight is 573 g/mol. The van der Waals surface area contributed by atoms with Crippen molar-refractivity contribution in [3.63, 3.8) is 0 Å². The van der Waals surface area contributed by atoms with Crippen LogP contribution in [-0.2, 0) is 47.6 Å². The Morgan fingerprint density at radius 1 is 1.08 bits per heavy atom. The third kappa shape index (κ3) is 4.18. The summed E-state index contributed by atoms with van der Waals surface area (Å²) < 4.78 is 35.1. The standard InChI is InChI=1S/C26H33ClO12/c1-10-23(32)39-20-16(27)14(8-28)17-18(38-17)21(36-12(3)30)24(5)15(35-11(2)29)6-7-25(9-34-25)19(24)22(26(10,20)33)37-13(4)31/h10,15,17-22,28,33H,6-9H2,1-5H3/t10-,15-,17+,18+,19+,20-,21-,22-,24-,25+,26-/m0/s1. The summed E-state index contributed by atoms with van der Waals surface area (Å²) in [4.78, 5) is 50.3. The fraction of sp³-hybridized carbons (Fsp3) is 0.769. The second-order valence-corrected chi connectivity index (χ2v) is 11.8. The second kappa shape index (κ2) is 9.41. The Labute approximate surface area is 229 Å². The maximum Gasteiger partial charge on any atom is 0.312 e. The first-order valence-electron chi connectivity index (χ1n) is 13.0. The lowest BCUT2D eigenvalue weighted by Crippen LogP contribution is -2.70. The lowest BCUT2D eigenvalue weighted by atomic mass is 9.52. The maximum atomic E-state index is 13.0. The minimum atomic E-state index is -2.24. The van der Waals surface area contributed by atoms with E-state index in [1.165, 1.54) is 20.8 Å². The molecule has 1 saturated carbocycles. The summed E-state index contributed by atoms with van der Waals surface area (Å²) >= 11 is 6.73. The summed E-state index contributed by atoms with van der Waals surface area (Å²) in [7, 11) is 0. The number of carbonyl (C=O) groups is 4. The number of aliphatic hydroxyl groups excluding tert-OH is 1. The molecule has 13 heteroatoms. The molecule has 0 bridgehead atoms. The van der Waals surface area contributed by atoms with Crippen molar-refractivity contribution in [2.24, 2.45) is 17.3 Å². The first-order chi connectivity index (χ1) is 18.2. The minimum Gasteiger partial charge on any atom is -0.462 e. The van der Waals surface area contributed by atoms with Crippen LogP contribution in [0.1, 0.15) is 47.5 Å². The van der Waals surface area contributed by atoms with Gasteiger partial charge < -0.3 is 38.6 Å². The lowest BCUT2D eigenvalue weighted by Gasteiger charge is -2.56. The van der Waals surface area contributed by atoms with Crippen LogP contribution >= 0.6 is 11.6 Å². The van der Waals surface area contributed by atoms with E-state index < -0.39 is 95.6 Å². The molecule has 4 fully saturated rings. The van der Waals surface area contributed by atoms with E-state index in [9.17, 15) is 29.4 Å². The van der Waals surface area contributed by atoms with E-state index in [-0.39, 0.29) is 17.2 Å². The van der Waals surface area contributed by atoms with E-state index in [1.807, 2.05) is 0 Å². The van der Waals surface area contributed by atoms with Gasteiger partial charge in [0.25, 0.3) is 0 Å². The van der Waals surface area contributed by atoms with Gasteiger partial charge in [0.05, 0.1) is 35.2 Å². The Bertz CT molecular complexity index is 1130. The summed E-state index contributed by atoms with van der Waals surface area (Å²) in [5, 5.41) is 22.6. The van der Waals surface area contributed by atoms with E-state index in [4.69, 9.17) is 40.0 Å². The van der Waals surface area contributed by atoms with Crippen LogP contribution in [0.25, 0.3) is 0 Å². The second-order valence-electron chi connectivity index (χ2n) is 11.4. The fourth-order valence-electron chi connectivity index (χ4n) is 7.19. The van der Waals surface area contributed by atoms with Crippen molar-refractivity contribution in [3.8, 4) is 0 Å². The molecule has 11 atom stereocenters. The molecule has 5 rings (SSSR count). The van der Waals surface area contributed by atoms with Gasteiger partial charge in [-0.1, -0.05) is 18.5 Å². The van der Waals surface area contributed by atoms with Crippen molar-refractivity contribution in [3.05, 3.63) is 10.6 Å². The van der Waals surface area contributed by atoms with Gasteiger partial charge >= 0.3 is 23.9 Å². The molecule has 3 aliphatic heterocycles. The smallest absolute Gasteiger partial charge is 0.312 e. The molecule has 5 aliphatic rings. The summed E-state index contributed by atoms with van der Waals surface area (Å²) in [5.74, 6) is -5.03. The topological polar surface area (TPSA) is 171 Å². The molecule has 0 amide bonds. The largest absolute Gasteiger partial charge is 0.462 e. The van der Waals surface area contributed by atoms with Gasteiger partial charge in [-0.3, -0.25) is 19.2 Å². The van der Waals surface area contributed by atoms with Crippen LogP contribution in [0.5, 0.6) is 0 Å². The van der Waals surface area contributed by atoms with Crippen LogP contribution in [0.15, 0.2) is 10.6 Å². The molecule has 0 radical (unpaired) electrons. The number of epoxide rings is 2. The number of carbonyl (C=O) groups excluding carboxylic acids is 4.